The summed E-state index contributed by atoms with van der Waals surface area (Å²) in [7, 11) is 5.43. The zero-order valence-corrected chi connectivity index (χ0v) is 23.2. The largest absolute Gasteiger partial charge is 0.345 e. The van der Waals surface area contributed by atoms with Crippen LogP contribution in [-0.4, -0.2) is 70.8 Å². The van der Waals surface area contributed by atoms with Crippen molar-refractivity contribution in [2.45, 2.75) is 32.7 Å². The molecule has 1 saturated heterocycles. The predicted molar refractivity (Wildman–Crippen MR) is 148 cm³/mol. The minimum Gasteiger partial charge on any atom is -0.345 e. The van der Waals surface area contributed by atoms with E-state index in [2.05, 4.69) is 23.2 Å². The fourth-order valence-corrected chi connectivity index (χ4v) is 6.37. The highest BCUT2D eigenvalue weighted by Crippen LogP contribution is 2.38. The average molecular weight is 536 g/mol. The fourth-order valence-electron chi connectivity index (χ4n) is 4.57. The molecule has 4 heterocycles. The van der Waals surface area contributed by atoms with Crippen LogP contribution in [0.1, 0.15) is 29.5 Å². The number of benzene rings is 1. The molecule has 0 radical (unpaired) electrons. The summed E-state index contributed by atoms with van der Waals surface area (Å²) in [6, 6.07) is 10.4. The molecule has 2 amide bonds. The van der Waals surface area contributed by atoms with Gasteiger partial charge in [-0.1, -0.05) is 59.4 Å². The van der Waals surface area contributed by atoms with Gasteiger partial charge in [0.15, 0.2) is 10.9 Å². The molecule has 12 heteroatoms. The molecule has 1 atom stereocenters. The van der Waals surface area contributed by atoms with Gasteiger partial charge in [0.25, 0.3) is 0 Å². The number of nitriles is 1. The molecule has 1 N–H and O–H groups in total. The molecule has 5 rings (SSSR count). The van der Waals surface area contributed by atoms with E-state index in [1.165, 1.54) is 11.3 Å². The molecule has 37 heavy (non-hydrogen) atoms. The number of aromatic nitrogens is 4. The second kappa shape index (κ2) is 9.99. The Kier molecular flexibility index (Phi) is 6.74. The van der Waals surface area contributed by atoms with Crippen molar-refractivity contribution in [2.24, 2.45) is 0 Å². The van der Waals surface area contributed by atoms with E-state index in [9.17, 15) is 10.1 Å². The van der Waals surface area contributed by atoms with Crippen LogP contribution in [0, 0.1) is 18.3 Å². The van der Waals surface area contributed by atoms with Crippen LogP contribution in [0.5, 0.6) is 0 Å². The Hall–Kier alpha value is -3.69. The van der Waals surface area contributed by atoms with Crippen LogP contribution >= 0.6 is 22.7 Å². The van der Waals surface area contributed by atoms with Crippen molar-refractivity contribution in [3.05, 3.63) is 40.4 Å². The van der Waals surface area contributed by atoms with Crippen LogP contribution in [0.4, 0.5) is 20.9 Å². The Labute approximate surface area is 223 Å². The van der Waals surface area contributed by atoms with Crippen LogP contribution in [0.15, 0.2) is 24.3 Å². The summed E-state index contributed by atoms with van der Waals surface area (Å²) in [5.74, 6) is 0.854. The Bertz CT molecular complexity index is 1480. The SMILES string of the molecule is CCc1nc2sc(N3CCC(N(C)C(=O)NC)C3)nn2c1N(C)c1nc(-c2ccc(C)cc2)c(C#N)s1. The van der Waals surface area contributed by atoms with Gasteiger partial charge in [0.1, 0.15) is 16.6 Å². The molecular formula is C25H29N9OS2. The first-order chi connectivity index (χ1) is 17.8. The number of thiazole rings is 1. The topological polar surface area (TPSA) is 106 Å². The summed E-state index contributed by atoms with van der Waals surface area (Å²) < 4.78 is 1.88. The van der Waals surface area contributed by atoms with E-state index < -0.39 is 0 Å². The van der Waals surface area contributed by atoms with Gasteiger partial charge in [-0.2, -0.15) is 9.78 Å². The second-order valence-electron chi connectivity index (χ2n) is 9.08. The quantitative estimate of drug-likeness (QED) is 0.393. The summed E-state index contributed by atoms with van der Waals surface area (Å²) in [5.41, 5.74) is 3.70. The van der Waals surface area contributed by atoms with Crippen molar-refractivity contribution in [1.82, 2.24) is 29.8 Å². The van der Waals surface area contributed by atoms with Gasteiger partial charge in [0, 0.05) is 39.8 Å². The molecule has 1 fully saturated rings. The smallest absolute Gasteiger partial charge is 0.317 e. The van der Waals surface area contributed by atoms with E-state index in [1.54, 1.807) is 23.3 Å². The Balaban J connectivity index is 1.47. The van der Waals surface area contributed by atoms with Crippen molar-refractivity contribution in [3.63, 3.8) is 0 Å². The van der Waals surface area contributed by atoms with Gasteiger partial charge in [-0.15, -0.1) is 5.10 Å². The molecule has 4 aromatic rings. The standard InChI is InChI=1S/C25H29N9OS2/c1-6-18-21(32(5)23-29-20(19(13-26)36-23)16-9-7-15(2)8-10-16)34-24(28-18)37-25(30-34)33-12-11-17(14-33)31(4)22(35)27-3/h7-10,17H,6,11-12,14H2,1-5H3,(H,27,35). The molecule has 0 bridgehead atoms. The minimum absolute atomic E-state index is 0.0810. The second-order valence-corrected chi connectivity index (χ2v) is 11.0. The zero-order chi connectivity index (χ0) is 26.3. The molecule has 0 spiro atoms. The number of anilines is 3. The number of amides is 2. The van der Waals surface area contributed by atoms with E-state index in [0.717, 1.165) is 58.7 Å². The number of carbonyl (C=O) groups excluding carboxylic acids is 1. The third kappa shape index (κ3) is 4.49. The van der Waals surface area contributed by atoms with Crippen molar-refractivity contribution in [2.75, 3.05) is 44.0 Å². The Morgan fingerprint density at radius 2 is 2.00 bits per heavy atom. The molecule has 1 aliphatic heterocycles. The maximum atomic E-state index is 12.1. The lowest BCUT2D eigenvalue weighted by molar-refractivity contribution is 0.196. The summed E-state index contributed by atoms with van der Waals surface area (Å²) in [6.07, 6.45) is 1.63. The van der Waals surface area contributed by atoms with Crippen molar-refractivity contribution in [3.8, 4) is 17.3 Å². The van der Waals surface area contributed by atoms with Gasteiger partial charge in [-0.3, -0.25) is 0 Å². The average Bonchev–Trinajstić information content (AvgIpc) is 3.69. The lowest BCUT2D eigenvalue weighted by Crippen LogP contribution is -2.43. The number of hydrogen-bond donors (Lipinski definition) is 1. The molecule has 0 saturated carbocycles. The van der Waals surface area contributed by atoms with Gasteiger partial charge >= 0.3 is 6.03 Å². The van der Waals surface area contributed by atoms with Crippen molar-refractivity contribution in [1.29, 1.82) is 5.26 Å². The van der Waals surface area contributed by atoms with Gasteiger partial charge < -0.3 is 20.0 Å². The molecule has 10 nitrogen and oxygen atoms in total. The van der Waals surface area contributed by atoms with E-state index in [0.29, 0.717) is 15.7 Å². The molecule has 3 aromatic heterocycles. The molecule has 1 aromatic carbocycles. The molecule has 0 aliphatic carbocycles. The number of nitrogens with zero attached hydrogens (tertiary/aromatic N) is 8. The Morgan fingerprint density at radius 3 is 2.68 bits per heavy atom. The third-order valence-corrected chi connectivity index (χ3v) is 8.74. The predicted octanol–water partition coefficient (Wildman–Crippen LogP) is 4.27. The summed E-state index contributed by atoms with van der Waals surface area (Å²) in [4.78, 5) is 29.1. The first kappa shape index (κ1) is 25.0. The van der Waals surface area contributed by atoms with Crippen LogP contribution < -0.4 is 15.1 Å². The first-order valence-corrected chi connectivity index (χ1v) is 13.8. The number of rotatable bonds is 6. The van der Waals surface area contributed by atoms with Gasteiger partial charge in [0.2, 0.25) is 10.1 Å². The Morgan fingerprint density at radius 1 is 1.24 bits per heavy atom. The lowest BCUT2D eigenvalue weighted by atomic mass is 10.1. The molecule has 1 aliphatic rings. The van der Waals surface area contributed by atoms with Crippen LogP contribution in [0.25, 0.3) is 16.2 Å². The number of nitrogens with one attached hydrogen (secondary N) is 1. The van der Waals surface area contributed by atoms with Gasteiger partial charge in [-0.05, 0) is 19.8 Å². The summed E-state index contributed by atoms with van der Waals surface area (Å²) >= 11 is 2.92. The number of imidazole rings is 1. The molecule has 1 unspecified atom stereocenters. The normalized spacial score (nSPS) is 15.2. The molecule has 192 valence electrons. The number of hydrogen-bond acceptors (Lipinski definition) is 9. The van der Waals surface area contributed by atoms with E-state index in [-0.39, 0.29) is 12.1 Å². The minimum atomic E-state index is -0.0810. The number of fused-ring (bicyclic) bond motifs is 1. The zero-order valence-electron chi connectivity index (χ0n) is 21.5. The van der Waals surface area contributed by atoms with Gasteiger partial charge in [-0.25, -0.2) is 14.8 Å². The third-order valence-electron chi connectivity index (χ3n) is 6.74. The highest BCUT2D eigenvalue weighted by atomic mass is 32.1. The van der Waals surface area contributed by atoms with Crippen LogP contribution in [0.2, 0.25) is 0 Å². The monoisotopic (exact) mass is 535 g/mol. The number of likely N-dealkylation sites (N-methyl/N-ethyl adjacent to an activating group) is 1. The van der Waals surface area contributed by atoms with Crippen LogP contribution in [-0.2, 0) is 6.42 Å². The summed E-state index contributed by atoms with van der Waals surface area (Å²) in [6.45, 7) is 5.67. The summed E-state index contributed by atoms with van der Waals surface area (Å²) in [5, 5.41) is 19.0. The van der Waals surface area contributed by atoms with Gasteiger partial charge in [0.05, 0.1) is 11.7 Å². The van der Waals surface area contributed by atoms with Crippen molar-refractivity contribution >= 4 is 49.7 Å². The number of urea groups is 1. The number of aryl methyl sites for hydroxylation is 2. The number of carbonyl (C=O) groups is 1. The first-order valence-electron chi connectivity index (χ1n) is 12.1. The highest BCUT2D eigenvalue weighted by molar-refractivity contribution is 7.20. The fraction of sp³-hybridized carbons (Fsp3) is 0.400. The van der Waals surface area contributed by atoms with E-state index in [4.69, 9.17) is 15.1 Å². The van der Waals surface area contributed by atoms with E-state index in [1.807, 2.05) is 54.7 Å². The highest BCUT2D eigenvalue weighted by Gasteiger charge is 2.31. The van der Waals surface area contributed by atoms with Crippen molar-refractivity contribution < 1.29 is 4.79 Å². The lowest BCUT2D eigenvalue weighted by Gasteiger charge is -2.24. The maximum Gasteiger partial charge on any atom is 0.317 e. The van der Waals surface area contributed by atoms with E-state index >= 15 is 0 Å². The molecular weight excluding hydrogens is 506 g/mol. The van der Waals surface area contributed by atoms with Crippen LogP contribution in [0.3, 0.4) is 0 Å². The maximum absolute atomic E-state index is 12.1.